The molecule has 1 aromatic carbocycles. The third-order valence-corrected chi connectivity index (χ3v) is 3.26. The molecule has 6 heteroatoms. The lowest BCUT2D eigenvalue weighted by Gasteiger charge is -2.09. The van der Waals surface area contributed by atoms with Crippen molar-refractivity contribution in [3.8, 4) is 5.75 Å². The van der Waals surface area contributed by atoms with E-state index in [9.17, 15) is 4.79 Å². The minimum absolute atomic E-state index is 0.285. The number of anilines is 2. The smallest absolute Gasteiger partial charge is 0.274 e. The first-order valence-electron chi connectivity index (χ1n) is 7.60. The minimum atomic E-state index is -0.285. The molecular weight excluding hydrogens is 292 g/mol. The molecule has 2 N–H and O–H groups in total. The summed E-state index contributed by atoms with van der Waals surface area (Å²) in [5.74, 6) is 1.66. The van der Waals surface area contributed by atoms with Gasteiger partial charge >= 0.3 is 0 Å². The van der Waals surface area contributed by atoms with Gasteiger partial charge in [0.05, 0.1) is 7.11 Å². The number of benzene rings is 1. The molecule has 2 rings (SSSR count). The highest BCUT2D eigenvalue weighted by molar-refractivity contribution is 6.03. The Balaban J connectivity index is 2.01. The van der Waals surface area contributed by atoms with Crippen molar-refractivity contribution in [1.82, 2.24) is 9.97 Å². The molecule has 0 spiro atoms. The summed E-state index contributed by atoms with van der Waals surface area (Å²) in [6.07, 6.45) is 2.42. The van der Waals surface area contributed by atoms with Crippen LogP contribution in [0, 0.1) is 5.92 Å². The molecule has 0 radical (unpaired) electrons. The van der Waals surface area contributed by atoms with Crippen molar-refractivity contribution in [1.29, 1.82) is 0 Å². The van der Waals surface area contributed by atoms with E-state index in [4.69, 9.17) is 4.74 Å². The van der Waals surface area contributed by atoms with Crippen molar-refractivity contribution < 1.29 is 9.53 Å². The maximum Gasteiger partial charge on any atom is 0.274 e. The second-order valence-electron chi connectivity index (χ2n) is 5.58. The number of rotatable bonds is 7. The zero-order chi connectivity index (χ0) is 16.7. The SMILES string of the molecule is COc1cccc(NC(=O)c2cc(NCCC(C)C)ncn2)c1. The summed E-state index contributed by atoms with van der Waals surface area (Å²) in [6.45, 7) is 5.13. The lowest BCUT2D eigenvalue weighted by atomic mass is 10.1. The minimum Gasteiger partial charge on any atom is -0.497 e. The van der Waals surface area contributed by atoms with Gasteiger partial charge in [0.1, 0.15) is 23.6 Å². The Morgan fingerprint density at radius 1 is 1.26 bits per heavy atom. The van der Waals surface area contributed by atoms with Crippen LogP contribution in [0.3, 0.4) is 0 Å². The number of nitrogens with one attached hydrogen (secondary N) is 2. The first-order valence-corrected chi connectivity index (χ1v) is 7.60. The maximum atomic E-state index is 12.3. The molecule has 0 saturated heterocycles. The van der Waals surface area contributed by atoms with E-state index in [0.29, 0.717) is 28.9 Å². The van der Waals surface area contributed by atoms with Gasteiger partial charge in [-0.3, -0.25) is 4.79 Å². The summed E-state index contributed by atoms with van der Waals surface area (Å²) < 4.78 is 5.14. The quantitative estimate of drug-likeness (QED) is 0.821. The van der Waals surface area contributed by atoms with E-state index in [-0.39, 0.29) is 5.91 Å². The molecule has 0 unspecified atom stereocenters. The number of ether oxygens (including phenoxy) is 1. The predicted octanol–water partition coefficient (Wildman–Crippen LogP) is 3.20. The number of methoxy groups -OCH3 is 1. The van der Waals surface area contributed by atoms with Crippen molar-refractivity contribution in [2.45, 2.75) is 20.3 Å². The summed E-state index contributed by atoms with van der Waals surface area (Å²) >= 11 is 0. The Morgan fingerprint density at radius 2 is 2.09 bits per heavy atom. The lowest BCUT2D eigenvalue weighted by Crippen LogP contribution is -2.15. The number of carbonyl (C=O) groups excluding carboxylic acids is 1. The summed E-state index contributed by atoms with van der Waals surface area (Å²) in [7, 11) is 1.58. The molecule has 122 valence electrons. The molecule has 6 nitrogen and oxygen atoms in total. The van der Waals surface area contributed by atoms with Crippen LogP contribution in [0.2, 0.25) is 0 Å². The van der Waals surface area contributed by atoms with Gasteiger partial charge < -0.3 is 15.4 Å². The largest absolute Gasteiger partial charge is 0.497 e. The molecule has 0 aliphatic carbocycles. The molecule has 1 heterocycles. The van der Waals surface area contributed by atoms with Gasteiger partial charge in [0.15, 0.2) is 0 Å². The molecule has 0 bridgehead atoms. The monoisotopic (exact) mass is 314 g/mol. The van der Waals surface area contributed by atoms with E-state index in [0.717, 1.165) is 13.0 Å². The highest BCUT2D eigenvalue weighted by Crippen LogP contribution is 2.17. The van der Waals surface area contributed by atoms with Gasteiger partial charge in [-0.25, -0.2) is 9.97 Å². The summed E-state index contributed by atoms with van der Waals surface area (Å²) in [5.41, 5.74) is 0.970. The van der Waals surface area contributed by atoms with Gasteiger partial charge in [-0.05, 0) is 24.5 Å². The number of amides is 1. The van der Waals surface area contributed by atoms with Crippen LogP contribution in [0.4, 0.5) is 11.5 Å². The van der Waals surface area contributed by atoms with E-state index in [1.54, 1.807) is 25.3 Å². The van der Waals surface area contributed by atoms with Crippen LogP contribution in [0.1, 0.15) is 30.8 Å². The summed E-state index contributed by atoms with van der Waals surface area (Å²) in [5, 5.41) is 6.00. The molecule has 23 heavy (non-hydrogen) atoms. The van der Waals surface area contributed by atoms with Crippen LogP contribution in [0.15, 0.2) is 36.7 Å². The second kappa shape index (κ2) is 8.12. The average molecular weight is 314 g/mol. The first kappa shape index (κ1) is 16.7. The predicted molar refractivity (Wildman–Crippen MR) is 90.9 cm³/mol. The number of hydrogen-bond acceptors (Lipinski definition) is 5. The Hall–Kier alpha value is -2.63. The van der Waals surface area contributed by atoms with E-state index >= 15 is 0 Å². The van der Waals surface area contributed by atoms with Gasteiger partial charge in [-0.1, -0.05) is 19.9 Å². The first-order chi connectivity index (χ1) is 11.1. The topological polar surface area (TPSA) is 76.1 Å². The zero-order valence-electron chi connectivity index (χ0n) is 13.7. The number of aromatic nitrogens is 2. The summed E-state index contributed by atoms with van der Waals surface area (Å²) in [6, 6.07) is 8.82. The average Bonchev–Trinajstić information content (AvgIpc) is 2.55. The van der Waals surface area contributed by atoms with Crippen LogP contribution in [0.5, 0.6) is 5.75 Å². The standard InChI is InChI=1S/C17H22N4O2/c1-12(2)7-8-18-16-10-15(19-11-20-16)17(22)21-13-5-4-6-14(9-13)23-3/h4-6,9-12H,7-8H2,1-3H3,(H,21,22)(H,18,19,20). The van der Waals surface area contributed by atoms with Gasteiger partial charge in [-0.2, -0.15) is 0 Å². The molecule has 0 saturated carbocycles. The third-order valence-electron chi connectivity index (χ3n) is 3.26. The Labute approximate surface area is 136 Å². The Bertz CT molecular complexity index is 659. The lowest BCUT2D eigenvalue weighted by molar-refractivity contribution is 0.102. The fourth-order valence-corrected chi connectivity index (χ4v) is 1.96. The molecule has 0 fully saturated rings. The van der Waals surface area contributed by atoms with Crippen LogP contribution in [-0.4, -0.2) is 29.5 Å². The van der Waals surface area contributed by atoms with Gasteiger partial charge in [0.25, 0.3) is 5.91 Å². The van der Waals surface area contributed by atoms with E-state index in [1.807, 2.05) is 12.1 Å². The number of hydrogen-bond donors (Lipinski definition) is 2. The van der Waals surface area contributed by atoms with Gasteiger partial charge in [0, 0.05) is 24.4 Å². The molecule has 1 aromatic heterocycles. The van der Waals surface area contributed by atoms with Gasteiger partial charge in [0.2, 0.25) is 0 Å². The van der Waals surface area contributed by atoms with Crippen LogP contribution in [-0.2, 0) is 0 Å². The highest BCUT2D eigenvalue weighted by atomic mass is 16.5. The van der Waals surface area contributed by atoms with E-state index < -0.39 is 0 Å². The second-order valence-corrected chi connectivity index (χ2v) is 5.58. The van der Waals surface area contributed by atoms with Crippen LogP contribution < -0.4 is 15.4 Å². The Morgan fingerprint density at radius 3 is 2.83 bits per heavy atom. The third kappa shape index (κ3) is 5.25. The fourth-order valence-electron chi connectivity index (χ4n) is 1.96. The number of nitrogens with zero attached hydrogens (tertiary/aromatic N) is 2. The van der Waals surface area contributed by atoms with E-state index in [1.165, 1.54) is 6.33 Å². The molecule has 2 aromatic rings. The van der Waals surface area contributed by atoms with Crippen molar-refractivity contribution in [2.75, 3.05) is 24.3 Å². The number of carbonyl (C=O) groups is 1. The zero-order valence-corrected chi connectivity index (χ0v) is 13.7. The van der Waals surface area contributed by atoms with Gasteiger partial charge in [-0.15, -0.1) is 0 Å². The van der Waals surface area contributed by atoms with Crippen molar-refractivity contribution in [3.05, 3.63) is 42.4 Å². The van der Waals surface area contributed by atoms with E-state index in [2.05, 4.69) is 34.4 Å². The van der Waals surface area contributed by atoms with Crippen LogP contribution in [0.25, 0.3) is 0 Å². The van der Waals surface area contributed by atoms with Crippen LogP contribution >= 0.6 is 0 Å². The maximum absolute atomic E-state index is 12.3. The molecule has 0 aliphatic heterocycles. The summed E-state index contributed by atoms with van der Waals surface area (Å²) in [4.78, 5) is 20.4. The molecular formula is C17H22N4O2. The highest BCUT2D eigenvalue weighted by Gasteiger charge is 2.09. The normalized spacial score (nSPS) is 10.4. The molecule has 0 atom stereocenters. The Kier molecular flexibility index (Phi) is 5.91. The molecule has 1 amide bonds. The van der Waals surface area contributed by atoms with Crippen molar-refractivity contribution >= 4 is 17.4 Å². The van der Waals surface area contributed by atoms with Crippen molar-refractivity contribution in [2.24, 2.45) is 5.92 Å². The molecule has 0 aliphatic rings. The van der Waals surface area contributed by atoms with Crippen molar-refractivity contribution in [3.63, 3.8) is 0 Å². The fraction of sp³-hybridized carbons (Fsp3) is 0.353.